The van der Waals surface area contributed by atoms with Gasteiger partial charge in [-0.15, -0.1) is 6.58 Å². The minimum atomic E-state index is -0.484. The first-order valence-corrected chi connectivity index (χ1v) is 7.58. The molecule has 0 heterocycles. The van der Waals surface area contributed by atoms with Crippen molar-refractivity contribution in [2.75, 3.05) is 0 Å². The molecule has 0 aromatic carbocycles. The number of carbonyl (C=O) groups excluding carboxylic acids is 2. The van der Waals surface area contributed by atoms with Crippen LogP contribution in [0.15, 0.2) is 35.7 Å². The average molecular weight is 306 g/mol. The molecule has 22 heavy (non-hydrogen) atoms. The maximum atomic E-state index is 13.1. The summed E-state index contributed by atoms with van der Waals surface area (Å²) in [7, 11) is 0. The van der Waals surface area contributed by atoms with Crippen molar-refractivity contribution in [3.05, 3.63) is 35.7 Å². The Morgan fingerprint density at radius 3 is 2.68 bits per heavy atom. The van der Waals surface area contributed by atoms with E-state index in [0.717, 1.165) is 5.57 Å². The third kappa shape index (κ3) is 2.92. The fraction of sp³-hybridized carbons (Fsp3) is 0.556. The maximum Gasteiger partial charge on any atom is 0.310 e. The van der Waals surface area contributed by atoms with E-state index in [9.17, 15) is 14.0 Å². The smallest absolute Gasteiger partial charge is 0.310 e. The predicted molar refractivity (Wildman–Crippen MR) is 82.6 cm³/mol. The minimum absolute atomic E-state index is 0.0151. The number of hydrogen-bond acceptors (Lipinski definition) is 3. The zero-order valence-electron chi connectivity index (χ0n) is 13.6. The van der Waals surface area contributed by atoms with E-state index in [1.807, 2.05) is 20.8 Å². The molecule has 0 amide bonds. The van der Waals surface area contributed by atoms with Gasteiger partial charge >= 0.3 is 5.97 Å². The van der Waals surface area contributed by atoms with Crippen molar-refractivity contribution in [2.24, 2.45) is 17.3 Å². The number of hydrogen-bond donors (Lipinski definition) is 0. The van der Waals surface area contributed by atoms with Gasteiger partial charge in [0.2, 0.25) is 0 Å². The van der Waals surface area contributed by atoms with E-state index in [1.165, 1.54) is 13.0 Å². The molecule has 1 unspecified atom stereocenters. The molecular weight excluding hydrogens is 283 g/mol. The van der Waals surface area contributed by atoms with Crippen molar-refractivity contribution >= 4 is 11.8 Å². The standard InChI is InChI=1S/C18H23FO3/c1-6-7-12-11(3)15(9-14(12)20)22-17(21)16-13(8-10(2)19)18(16,4)5/h6,8,13,15-16H,1,7,9H2,2-5H3/b10-8-/t13-,15?,16+/m1/s1. The molecule has 2 rings (SSSR count). The maximum absolute atomic E-state index is 13.1. The van der Waals surface area contributed by atoms with Crippen LogP contribution in [0.25, 0.3) is 0 Å². The highest BCUT2D eigenvalue weighted by Gasteiger charge is 2.62. The van der Waals surface area contributed by atoms with Crippen LogP contribution in [-0.4, -0.2) is 17.9 Å². The first-order chi connectivity index (χ1) is 10.2. The molecule has 0 saturated heterocycles. The molecule has 4 heteroatoms. The number of ether oxygens (including phenoxy) is 1. The topological polar surface area (TPSA) is 43.4 Å². The van der Waals surface area contributed by atoms with Crippen LogP contribution < -0.4 is 0 Å². The number of esters is 1. The van der Waals surface area contributed by atoms with Gasteiger partial charge < -0.3 is 4.74 Å². The van der Waals surface area contributed by atoms with Crippen LogP contribution in [0, 0.1) is 17.3 Å². The van der Waals surface area contributed by atoms with Crippen LogP contribution in [0.2, 0.25) is 0 Å². The van der Waals surface area contributed by atoms with Crippen LogP contribution >= 0.6 is 0 Å². The lowest BCUT2D eigenvalue weighted by atomic mass is 10.1. The predicted octanol–water partition coefficient (Wildman–Crippen LogP) is 3.91. The Kier molecular flexibility index (Phi) is 4.41. The number of rotatable bonds is 5. The summed E-state index contributed by atoms with van der Waals surface area (Å²) in [5.41, 5.74) is 1.21. The van der Waals surface area contributed by atoms with E-state index >= 15 is 0 Å². The minimum Gasteiger partial charge on any atom is -0.457 e. The zero-order chi connectivity index (χ0) is 16.7. The van der Waals surface area contributed by atoms with Crippen molar-refractivity contribution in [2.45, 2.75) is 46.6 Å². The van der Waals surface area contributed by atoms with Gasteiger partial charge in [-0.05, 0) is 43.3 Å². The molecule has 1 saturated carbocycles. The first-order valence-electron chi connectivity index (χ1n) is 7.58. The number of halogens is 1. The van der Waals surface area contributed by atoms with Crippen molar-refractivity contribution in [3.8, 4) is 0 Å². The normalized spacial score (nSPS) is 30.5. The number of allylic oxidation sites excluding steroid dienone is 4. The van der Waals surface area contributed by atoms with Crippen molar-refractivity contribution < 1.29 is 18.7 Å². The van der Waals surface area contributed by atoms with Gasteiger partial charge in [0.1, 0.15) is 6.10 Å². The van der Waals surface area contributed by atoms with Gasteiger partial charge in [0.15, 0.2) is 5.78 Å². The third-order valence-corrected chi connectivity index (χ3v) is 4.85. The highest BCUT2D eigenvalue weighted by molar-refractivity contribution is 6.00. The monoisotopic (exact) mass is 306 g/mol. The number of ketones is 1. The fourth-order valence-corrected chi connectivity index (χ4v) is 3.31. The zero-order valence-corrected chi connectivity index (χ0v) is 13.6. The molecule has 2 aliphatic carbocycles. The summed E-state index contributed by atoms with van der Waals surface area (Å²) in [5.74, 6) is -1.09. The summed E-state index contributed by atoms with van der Waals surface area (Å²) in [6.45, 7) is 10.7. The Labute approximate surface area is 130 Å². The van der Waals surface area contributed by atoms with Crippen molar-refractivity contribution in [1.82, 2.24) is 0 Å². The van der Waals surface area contributed by atoms with E-state index in [4.69, 9.17) is 4.74 Å². The lowest BCUT2D eigenvalue weighted by molar-refractivity contribution is -0.150. The van der Waals surface area contributed by atoms with E-state index in [2.05, 4.69) is 6.58 Å². The molecule has 0 aromatic rings. The summed E-state index contributed by atoms with van der Waals surface area (Å²) in [5, 5.41) is 0. The Morgan fingerprint density at radius 2 is 2.14 bits per heavy atom. The number of carbonyl (C=O) groups is 2. The summed E-state index contributed by atoms with van der Waals surface area (Å²) in [4.78, 5) is 24.3. The Bertz CT molecular complexity index is 579. The Morgan fingerprint density at radius 1 is 1.50 bits per heavy atom. The second-order valence-electron chi connectivity index (χ2n) is 6.79. The molecule has 120 valence electrons. The summed E-state index contributed by atoms with van der Waals surface area (Å²) < 4.78 is 18.6. The SMILES string of the molecule is C=CCC1=C(C)C(OC(=O)[C@@H]2[C@@H](/C=C(/C)F)C2(C)C)CC1=O. The highest BCUT2D eigenvalue weighted by Crippen LogP contribution is 2.60. The lowest BCUT2D eigenvalue weighted by Crippen LogP contribution is -2.20. The second-order valence-corrected chi connectivity index (χ2v) is 6.79. The van der Waals surface area contributed by atoms with Gasteiger partial charge in [0.25, 0.3) is 0 Å². The van der Waals surface area contributed by atoms with E-state index in [0.29, 0.717) is 12.0 Å². The highest BCUT2D eigenvalue weighted by atomic mass is 19.1. The first kappa shape index (κ1) is 16.7. The molecule has 2 aliphatic rings. The summed E-state index contributed by atoms with van der Waals surface area (Å²) in [6.07, 6.45) is 3.38. The molecule has 3 atom stereocenters. The Hall–Kier alpha value is -1.71. The second kappa shape index (κ2) is 5.82. The Balaban J connectivity index is 2.07. The molecular formula is C18H23FO3. The number of Topliss-reactive ketones (excluding diaryl/α,β-unsaturated/α-hetero) is 1. The molecule has 1 fully saturated rings. The van der Waals surface area contributed by atoms with Crippen molar-refractivity contribution in [1.29, 1.82) is 0 Å². The lowest BCUT2D eigenvalue weighted by Gasteiger charge is -2.13. The summed E-state index contributed by atoms with van der Waals surface area (Å²) in [6, 6.07) is 0. The van der Waals surface area contributed by atoms with Crippen LogP contribution in [-0.2, 0) is 14.3 Å². The van der Waals surface area contributed by atoms with Crippen LogP contribution in [0.5, 0.6) is 0 Å². The van der Waals surface area contributed by atoms with Crippen LogP contribution in [0.3, 0.4) is 0 Å². The molecule has 0 radical (unpaired) electrons. The third-order valence-electron chi connectivity index (χ3n) is 4.85. The average Bonchev–Trinajstić information content (AvgIpc) is 2.83. The molecule has 0 aliphatic heterocycles. The summed E-state index contributed by atoms with van der Waals surface area (Å²) >= 11 is 0. The van der Waals surface area contributed by atoms with Crippen LogP contribution in [0.1, 0.15) is 40.5 Å². The van der Waals surface area contributed by atoms with Gasteiger partial charge in [-0.1, -0.05) is 19.9 Å². The van der Waals surface area contributed by atoms with Crippen LogP contribution in [0.4, 0.5) is 4.39 Å². The van der Waals surface area contributed by atoms with Gasteiger partial charge in [-0.25, -0.2) is 4.39 Å². The van der Waals surface area contributed by atoms with E-state index in [-0.39, 0.29) is 41.3 Å². The molecule has 0 bridgehead atoms. The van der Waals surface area contributed by atoms with Gasteiger partial charge in [-0.2, -0.15) is 0 Å². The van der Waals surface area contributed by atoms with Gasteiger partial charge in [0, 0.05) is 5.57 Å². The largest absolute Gasteiger partial charge is 0.457 e. The quantitative estimate of drug-likeness (QED) is 0.571. The van der Waals surface area contributed by atoms with E-state index in [1.54, 1.807) is 6.08 Å². The molecule has 0 spiro atoms. The van der Waals surface area contributed by atoms with Crippen molar-refractivity contribution in [3.63, 3.8) is 0 Å². The fourth-order valence-electron chi connectivity index (χ4n) is 3.31. The molecule has 0 aromatic heterocycles. The molecule has 3 nitrogen and oxygen atoms in total. The van der Waals surface area contributed by atoms with Gasteiger partial charge in [0.05, 0.1) is 18.2 Å². The van der Waals surface area contributed by atoms with Gasteiger partial charge in [-0.3, -0.25) is 9.59 Å². The molecule has 0 N–H and O–H groups in total. The van der Waals surface area contributed by atoms with E-state index < -0.39 is 6.10 Å².